The first-order valence-electron chi connectivity index (χ1n) is 7.52. The van der Waals surface area contributed by atoms with E-state index in [1.165, 1.54) is 18.3 Å². The Morgan fingerprint density at radius 3 is 2.73 bits per heavy atom. The van der Waals surface area contributed by atoms with E-state index in [1.54, 1.807) is 23.0 Å². The summed E-state index contributed by atoms with van der Waals surface area (Å²) in [5.74, 6) is -1.66. The Hall–Kier alpha value is -2.64. The maximum atomic E-state index is 14.0. The Labute approximate surface area is 156 Å². The van der Waals surface area contributed by atoms with Gasteiger partial charge in [-0.25, -0.2) is 18.7 Å². The standard InChI is InChI=1S/C17H9Cl2F2N5/c18-14-5-4-9(16(19)25-14)7-26-8-13-12(6-22-26)23-17(24-13)10-2-1-3-11(20)15(10)21/h1-6,8H,7H2/p+1. The number of nitrogens with one attached hydrogen (secondary N) is 1. The quantitative estimate of drug-likeness (QED) is 0.424. The molecule has 5 nitrogen and oxygen atoms in total. The van der Waals surface area contributed by atoms with Crippen molar-refractivity contribution in [3.8, 4) is 11.4 Å². The fourth-order valence-electron chi connectivity index (χ4n) is 2.54. The highest BCUT2D eigenvalue weighted by Crippen LogP contribution is 2.23. The average Bonchev–Trinajstić information content (AvgIpc) is 3.03. The predicted molar refractivity (Wildman–Crippen MR) is 92.8 cm³/mol. The van der Waals surface area contributed by atoms with Crippen LogP contribution in [-0.4, -0.2) is 20.1 Å². The minimum Gasteiger partial charge on any atom is -0.333 e. The number of aromatic amines is 1. The number of rotatable bonds is 3. The van der Waals surface area contributed by atoms with E-state index in [0.717, 1.165) is 11.6 Å². The monoisotopic (exact) mass is 392 g/mol. The first-order valence-corrected chi connectivity index (χ1v) is 8.27. The van der Waals surface area contributed by atoms with Crippen molar-refractivity contribution in [1.29, 1.82) is 0 Å². The molecule has 0 bridgehead atoms. The molecule has 3 heterocycles. The van der Waals surface area contributed by atoms with Crippen molar-refractivity contribution in [3.63, 3.8) is 0 Å². The molecule has 0 saturated heterocycles. The first kappa shape index (κ1) is 16.8. The van der Waals surface area contributed by atoms with Crippen molar-refractivity contribution in [2.45, 2.75) is 6.54 Å². The number of hydrogen-bond acceptors (Lipinski definition) is 3. The molecule has 0 amide bonds. The lowest BCUT2D eigenvalue weighted by Gasteiger charge is -1.99. The normalized spacial score (nSPS) is 11.2. The third kappa shape index (κ3) is 3.11. The Balaban J connectivity index is 1.71. The van der Waals surface area contributed by atoms with Gasteiger partial charge in [0.25, 0.3) is 0 Å². The van der Waals surface area contributed by atoms with Gasteiger partial charge < -0.3 is 4.98 Å². The lowest BCUT2D eigenvalue weighted by molar-refractivity contribution is -0.745. The molecule has 26 heavy (non-hydrogen) atoms. The largest absolute Gasteiger partial charge is 0.333 e. The minimum absolute atomic E-state index is 0.0534. The van der Waals surface area contributed by atoms with Crippen LogP contribution < -0.4 is 4.68 Å². The van der Waals surface area contributed by atoms with E-state index in [2.05, 4.69) is 20.1 Å². The third-order valence-corrected chi connectivity index (χ3v) is 4.34. The Bertz CT molecular complexity index is 1130. The lowest BCUT2D eigenvalue weighted by Crippen LogP contribution is -2.38. The highest BCUT2D eigenvalue weighted by molar-refractivity contribution is 6.32. The first-order chi connectivity index (χ1) is 12.5. The van der Waals surface area contributed by atoms with Gasteiger partial charge in [-0.2, -0.15) is 0 Å². The predicted octanol–water partition coefficient (Wildman–Crippen LogP) is 3.94. The molecule has 130 valence electrons. The van der Waals surface area contributed by atoms with Gasteiger partial charge >= 0.3 is 0 Å². The SMILES string of the molecule is Fc1cccc(-c2nc3cn[n+](Cc4ccc(Cl)nc4Cl)cc3[nH]2)c1F. The molecule has 0 unspecified atom stereocenters. The summed E-state index contributed by atoms with van der Waals surface area (Å²) in [7, 11) is 0. The summed E-state index contributed by atoms with van der Waals surface area (Å²) in [6, 6.07) is 7.34. The molecule has 0 fully saturated rings. The molecule has 0 radical (unpaired) electrons. The zero-order valence-electron chi connectivity index (χ0n) is 13.0. The van der Waals surface area contributed by atoms with Crippen molar-refractivity contribution in [2.24, 2.45) is 0 Å². The van der Waals surface area contributed by atoms with Crippen LogP contribution in [0.1, 0.15) is 5.56 Å². The molecule has 0 spiro atoms. The Kier molecular flexibility index (Phi) is 4.26. The summed E-state index contributed by atoms with van der Waals surface area (Å²) in [5.41, 5.74) is 1.94. The van der Waals surface area contributed by atoms with Crippen LogP contribution in [0.3, 0.4) is 0 Å². The summed E-state index contributed by atoms with van der Waals surface area (Å²) in [5, 5.41) is 4.86. The van der Waals surface area contributed by atoms with Crippen molar-refractivity contribution in [3.05, 3.63) is 70.2 Å². The highest BCUT2D eigenvalue weighted by Gasteiger charge is 2.17. The number of imidazole rings is 1. The molecule has 0 saturated carbocycles. The van der Waals surface area contributed by atoms with Crippen LogP contribution >= 0.6 is 23.2 Å². The number of pyridine rings is 1. The Morgan fingerprint density at radius 2 is 1.92 bits per heavy atom. The molecule has 0 aliphatic rings. The van der Waals surface area contributed by atoms with E-state index in [0.29, 0.717) is 27.9 Å². The van der Waals surface area contributed by atoms with Crippen molar-refractivity contribution < 1.29 is 13.5 Å². The topological polar surface area (TPSA) is 58.3 Å². The van der Waals surface area contributed by atoms with E-state index < -0.39 is 11.6 Å². The zero-order valence-corrected chi connectivity index (χ0v) is 14.6. The number of nitrogens with zero attached hydrogens (tertiary/aromatic N) is 4. The van der Waals surface area contributed by atoms with Gasteiger partial charge in [0.15, 0.2) is 11.6 Å². The van der Waals surface area contributed by atoms with Gasteiger partial charge in [-0.1, -0.05) is 34.0 Å². The zero-order chi connectivity index (χ0) is 18.3. The Morgan fingerprint density at radius 1 is 1.08 bits per heavy atom. The summed E-state index contributed by atoms with van der Waals surface area (Å²) in [4.78, 5) is 11.2. The maximum absolute atomic E-state index is 14.0. The molecule has 1 aromatic carbocycles. The fourth-order valence-corrected chi connectivity index (χ4v) is 2.95. The van der Waals surface area contributed by atoms with Gasteiger partial charge in [0.2, 0.25) is 12.7 Å². The van der Waals surface area contributed by atoms with E-state index in [-0.39, 0.29) is 11.4 Å². The number of H-pyrrole nitrogens is 1. The van der Waals surface area contributed by atoms with Crippen LogP contribution in [0.2, 0.25) is 10.3 Å². The molecule has 4 aromatic rings. The number of halogens is 4. The number of aromatic nitrogens is 5. The van der Waals surface area contributed by atoms with Crippen LogP contribution in [0.5, 0.6) is 0 Å². The highest BCUT2D eigenvalue weighted by atomic mass is 35.5. The van der Waals surface area contributed by atoms with Crippen molar-refractivity contribution >= 4 is 34.2 Å². The van der Waals surface area contributed by atoms with Gasteiger partial charge in [-0.3, -0.25) is 0 Å². The molecule has 0 atom stereocenters. The van der Waals surface area contributed by atoms with Crippen molar-refractivity contribution in [2.75, 3.05) is 0 Å². The summed E-state index contributed by atoms with van der Waals surface area (Å²) in [6.07, 6.45) is 3.23. The molecule has 4 rings (SSSR count). The van der Waals surface area contributed by atoms with Crippen molar-refractivity contribution in [1.82, 2.24) is 20.1 Å². The van der Waals surface area contributed by atoms with Crippen LogP contribution in [0.4, 0.5) is 8.78 Å². The second-order valence-electron chi connectivity index (χ2n) is 5.54. The molecule has 0 aliphatic heterocycles. The van der Waals surface area contributed by atoms with Gasteiger partial charge in [-0.05, 0) is 29.4 Å². The van der Waals surface area contributed by atoms with Crippen LogP contribution in [0.25, 0.3) is 22.4 Å². The molecule has 9 heteroatoms. The number of benzene rings is 1. The molecule has 1 N–H and O–H groups in total. The van der Waals surface area contributed by atoms with Crippen LogP contribution in [0, 0.1) is 11.6 Å². The molecule has 3 aromatic heterocycles. The molecule has 0 aliphatic carbocycles. The van der Waals surface area contributed by atoms with Gasteiger partial charge in [0.05, 0.1) is 11.1 Å². The van der Waals surface area contributed by atoms with E-state index in [9.17, 15) is 8.78 Å². The van der Waals surface area contributed by atoms with E-state index in [1.807, 2.05) is 0 Å². The van der Waals surface area contributed by atoms with Gasteiger partial charge in [0.1, 0.15) is 33.4 Å². The molecular formula is C17H10Cl2F2N5+. The van der Waals surface area contributed by atoms with Crippen LogP contribution in [0.15, 0.2) is 42.7 Å². The second-order valence-corrected chi connectivity index (χ2v) is 6.29. The fraction of sp³-hybridized carbons (Fsp3) is 0.0588. The minimum atomic E-state index is -0.952. The molecular weight excluding hydrogens is 383 g/mol. The van der Waals surface area contributed by atoms with Gasteiger partial charge in [-0.15, -0.1) is 0 Å². The summed E-state index contributed by atoms with van der Waals surface area (Å²) < 4.78 is 29.0. The lowest BCUT2D eigenvalue weighted by atomic mass is 10.2. The maximum Gasteiger partial charge on any atom is 0.222 e. The van der Waals surface area contributed by atoms with Crippen LogP contribution in [-0.2, 0) is 6.54 Å². The average molecular weight is 393 g/mol. The second kappa shape index (κ2) is 6.59. The smallest absolute Gasteiger partial charge is 0.222 e. The number of hydrogen-bond donors (Lipinski definition) is 1. The third-order valence-electron chi connectivity index (χ3n) is 3.80. The van der Waals surface area contributed by atoms with E-state index in [4.69, 9.17) is 23.2 Å². The summed E-state index contributed by atoms with van der Waals surface area (Å²) >= 11 is 11.9. The summed E-state index contributed by atoms with van der Waals surface area (Å²) in [6.45, 7) is 0.363. The van der Waals surface area contributed by atoms with E-state index >= 15 is 0 Å². The van der Waals surface area contributed by atoms with Gasteiger partial charge in [0, 0.05) is 0 Å². The number of fused-ring (bicyclic) bond motifs is 1.